The molecule has 0 saturated heterocycles. The SMILES string of the molecule is CCCn1nnc2cc(C(=O)N(C)c3ccc(C)cc3)ccc21. The Hall–Kier alpha value is -2.69. The van der Waals surface area contributed by atoms with Crippen LogP contribution in [0.1, 0.15) is 29.3 Å². The molecule has 0 unspecified atom stereocenters. The van der Waals surface area contributed by atoms with E-state index in [0.717, 1.165) is 29.7 Å². The van der Waals surface area contributed by atoms with Crippen LogP contribution in [0.25, 0.3) is 11.0 Å². The van der Waals surface area contributed by atoms with E-state index in [4.69, 9.17) is 0 Å². The van der Waals surface area contributed by atoms with Crippen molar-refractivity contribution in [3.63, 3.8) is 0 Å². The zero-order valence-electron chi connectivity index (χ0n) is 13.7. The van der Waals surface area contributed by atoms with Gasteiger partial charge in [-0.1, -0.05) is 29.8 Å². The molecule has 2 aromatic carbocycles. The fraction of sp³-hybridized carbons (Fsp3) is 0.278. The molecule has 118 valence electrons. The summed E-state index contributed by atoms with van der Waals surface area (Å²) < 4.78 is 1.87. The molecule has 0 radical (unpaired) electrons. The molecule has 5 heteroatoms. The summed E-state index contributed by atoms with van der Waals surface area (Å²) in [6, 6.07) is 13.5. The Morgan fingerprint density at radius 3 is 2.61 bits per heavy atom. The van der Waals surface area contributed by atoms with Gasteiger partial charge in [0.25, 0.3) is 5.91 Å². The van der Waals surface area contributed by atoms with Gasteiger partial charge < -0.3 is 4.90 Å². The van der Waals surface area contributed by atoms with Crippen LogP contribution in [-0.4, -0.2) is 27.9 Å². The molecule has 0 aliphatic carbocycles. The van der Waals surface area contributed by atoms with Gasteiger partial charge in [-0.05, 0) is 43.7 Å². The monoisotopic (exact) mass is 308 g/mol. The molecule has 0 N–H and O–H groups in total. The van der Waals surface area contributed by atoms with Gasteiger partial charge in [-0.3, -0.25) is 4.79 Å². The van der Waals surface area contributed by atoms with Crippen LogP contribution in [-0.2, 0) is 6.54 Å². The Morgan fingerprint density at radius 1 is 1.17 bits per heavy atom. The van der Waals surface area contributed by atoms with Gasteiger partial charge >= 0.3 is 0 Å². The highest BCUT2D eigenvalue weighted by atomic mass is 16.2. The Kier molecular flexibility index (Phi) is 4.10. The molecule has 0 aliphatic heterocycles. The molecule has 5 nitrogen and oxygen atoms in total. The number of hydrogen-bond acceptors (Lipinski definition) is 3. The van der Waals surface area contributed by atoms with E-state index in [2.05, 4.69) is 17.2 Å². The quantitative estimate of drug-likeness (QED) is 0.742. The fourth-order valence-corrected chi connectivity index (χ4v) is 2.56. The van der Waals surface area contributed by atoms with Crippen molar-refractivity contribution in [2.45, 2.75) is 26.8 Å². The van der Waals surface area contributed by atoms with Crippen LogP contribution in [0.15, 0.2) is 42.5 Å². The van der Waals surface area contributed by atoms with E-state index in [0.29, 0.717) is 5.56 Å². The summed E-state index contributed by atoms with van der Waals surface area (Å²) in [5, 5.41) is 8.31. The summed E-state index contributed by atoms with van der Waals surface area (Å²) in [4.78, 5) is 14.3. The fourth-order valence-electron chi connectivity index (χ4n) is 2.56. The van der Waals surface area contributed by atoms with Crippen molar-refractivity contribution in [3.05, 3.63) is 53.6 Å². The van der Waals surface area contributed by atoms with E-state index < -0.39 is 0 Å². The summed E-state index contributed by atoms with van der Waals surface area (Å²) in [5.74, 6) is -0.0548. The lowest BCUT2D eigenvalue weighted by Gasteiger charge is -2.17. The van der Waals surface area contributed by atoms with Crippen LogP contribution in [0.3, 0.4) is 0 Å². The van der Waals surface area contributed by atoms with Crippen molar-refractivity contribution < 1.29 is 4.79 Å². The first-order chi connectivity index (χ1) is 11.1. The van der Waals surface area contributed by atoms with Crippen molar-refractivity contribution in [1.29, 1.82) is 0 Å². The molecule has 0 spiro atoms. The Morgan fingerprint density at radius 2 is 1.91 bits per heavy atom. The average molecular weight is 308 g/mol. The molecule has 3 rings (SSSR count). The van der Waals surface area contributed by atoms with Gasteiger partial charge in [-0.2, -0.15) is 0 Å². The normalized spacial score (nSPS) is 10.9. The number of carbonyl (C=O) groups excluding carboxylic acids is 1. The number of aryl methyl sites for hydroxylation is 2. The number of nitrogens with zero attached hydrogens (tertiary/aromatic N) is 4. The van der Waals surface area contributed by atoms with Gasteiger partial charge in [0.15, 0.2) is 0 Å². The van der Waals surface area contributed by atoms with Crippen molar-refractivity contribution in [1.82, 2.24) is 15.0 Å². The molecule has 0 atom stereocenters. The van der Waals surface area contributed by atoms with Crippen LogP contribution in [0.2, 0.25) is 0 Å². The number of benzene rings is 2. The van der Waals surface area contributed by atoms with Crippen molar-refractivity contribution in [2.75, 3.05) is 11.9 Å². The van der Waals surface area contributed by atoms with E-state index in [9.17, 15) is 4.79 Å². The highest BCUT2D eigenvalue weighted by Gasteiger charge is 2.15. The van der Waals surface area contributed by atoms with Crippen molar-refractivity contribution >= 4 is 22.6 Å². The number of carbonyl (C=O) groups is 1. The minimum absolute atomic E-state index is 0.0548. The zero-order valence-corrected chi connectivity index (χ0v) is 13.7. The van der Waals surface area contributed by atoms with E-state index in [1.807, 2.05) is 54.1 Å². The molecule has 0 fully saturated rings. The Bertz CT molecular complexity index is 836. The molecule has 1 amide bonds. The maximum atomic E-state index is 12.7. The van der Waals surface area contributed by atoms with Gasteiger partial charge in [0.2, 0.25) is 0 Å². The Labute approximate surface area is 135 Å². The largest absolute Gasteiger partial charge is 0.311 e. The lowest BCUT2D eigenvalue weighted by molar-refractivity contribution is 0.0993. The summed E-state index contributed by atoms with van der Waals surface area (Å²) >= 11 is 0. The minimum atomic E-state index is -0.0548. The maximum absolute atomic E-state index is 12.7. The van der Waals surface area contributed by atoms with Gasteiger partial charge in [0, 0.05) is 24.8 Å². The molecular formula is C18H20N4O. The first-order valence-corrected chi connectivity index (χ1v) is 7.78. The second-order valence-electron chi connectivity index (χ2n) is 5.72. The van der Waals surface area contributed by atoms with E-state index in [-0.39, 0.29) is 5.91 Å². The van der Waals surface area contributed by atoms with E-state index >= 15 is 0 Å². The van der Waals surface area contributed by atoms with Gasteiger partial charge in [-0.25, -0.2) is 4.68 Å². The van der Waals surface area contributed by atoms with Gasteiger partial charge in [0.05, 0.1) is 5.52 Å². The summed E-state index contributed by atoms with van der Waals surface area (Å²) in [5.41, 5.74) is 4.37. The molecular weight excluding hydrogens is 288 g/mol. The second-order valence-corrected chi connectivity index (χ2v) is 5.72. The number of fused-ring (bicyclic) bond motifs is 1. The Balaban J connectivity index is 1.89. The lowest BCUT2D eigenvalue weighted by Crippen LogP contribution is -2.26. The van der Waals surface area contributed by atoms with E-state index in [1.165, 1.54) is 5.56 Å². The third kappa shape index (κ3) is 2.95. The molecule has 1 aromatic heterocycles. The molecule has 0 bridgehead atoms. The van der Waals surface area contributed by atoms with Crippen LogP contribution < -0.4 is 4.90 Å². The van der Waals surface area contributed by atoms with Crippen LogP contribution in [0.4, 0.5) is 5.69 Å². The standard InChI is InChI=1S/C18H20N4O/c1-4-11-22-17-10-7-14(12-16(17)19-20-22)18(23)21(3)15-8-5-13(2)6-9-15/h5-10,12H,4,11H2,1-3H3. The third-order valence-corrected chi connectivity index (χ3v) is 3.92. The first kappa shape index (κ1) is 15.2. The topological polar surface area (TPSA) is 51.0 Å². The molecule has 1 heterocycles. The summed E-state index contributed by atoms with van der Waals surface area (Å²) in [7, 11) is 1.78. The average Bonchev–Trinajstić information content (AvgIpc) is 2.97. The first-order valence-electron chi connectivity index (χ1n) is 7.78. The number of aromatic nitrogens is 3. The smallest absolute Gasteiger partial charge is 0.258 e. The predicted octanol–water partition coefficient (Wildman–Crippen LogP) is 3.43. The summed E-state index contributed by atoms with van der Waals surface area (Å²) in [6.07, 6.45) is 0.995. The lowest BCUT2D eigenvalue weighted by atomic mass is 10.1. The number of amides is 1. The van der Waals surface area contributed by atoms with E-state index in [1.54, 1.807) is 11.9 Å². The summed E-state index contributed by atoms with van der Waals surface area (Å²) in [6.45, 7) is 4.95. The molecule has 3 aromatic rings. The second kappa shape index (κ2) is 6.20. The van der Waals surface area contributed by atoms with Crippen LogP contribution >= 0.6 is 0 Å². The van der Waals surface area contributed by atoms with Gasteiger partial charge in [-0.15, -0.1) is 5.10 Å². The number of anilines is 1. The predicted molar refractivity (Wildman–Crippen MR) is 91.7 cm³/mol. The highest BCUT2D eigenvalue weighted by molar-refractivity contribution is 6.07. The minimum Gasteiger partial charge on any atom is -0.311 e. The number of rotatable bonds is 4. The number of hydrogen-bond donors (Lipinski definition) is 0. The molecule has 0 saturated carbocycles. The van der Waals surface area contributed by atoms with Gasteiger partial charge in [0.1, 0.15) is 5.52 Å². The maximum Gasteiger partial charge on any atom is 0.258 e. The molecule has 0 aliphatic rings. The van der Waals surface area contributed by atoms with Crippen molar-refractivity contribution in [2.24, 2.45) is 0 Å². The van der Waals surface area contributed by atoms with Crippen molar-refractivity contribution in [3.8, 4) is 0 Å². The zero-order chi connectivity index (χ0) is 16.4. The van der Waals surface area contributed by atoms with Crippen LogP contribution in [0, 0.1) is 6.92 Å². The third-order valence-electron chi connectivity index (χ3n) is 3.92. The molecule has 23 heavy (non-hydrogen) atoms. The highest BCUT2D eigenvalue weighted by Crippen LogP contribution is 2.19. The van der Waals surface area contributed by atoms with Crippen LogP contribution in [0.5, 0.6) is 0 Å².